The molecule has 0 N–H and O–H groups in total. The zero-order valence-electron chi connectivity index (χ0n) is 20.3. The lowest BCUT2D eigenvalue weighted by atomic mass is 9.88. The number of anilines is 1. The molecular weight excluding hydrogens is 424 g/mol. The van der Waals surface area contributed by atoms with Crippen LogP contribution in [0.5, 0.6) is 0 Å². The van der Waals surface area contributed by atoms with Crippen molar-refractivity contribution in [2.24, 2.45) is 0 Å². The second-order valence-electron chi connectivity index (χ2n) is 8.88. The van der Waals surface area contributed by atoms with E-state index in [1.54, 1.807) is 0 Å². The van der Waals surface area contributed by atoms with E-state index in [4.69, 9.17) is 4.74 Å². The molecule has 0 radical (unpaired) electrons. The van der Waals surface area contributed by atoms with Gasteiger partial charge in [0.15, 0.2) is 5.78 Å². The maximum absolute atomic E-state index is 13.2. The Hall–Kier alpha value is -3.60. The van der Waals surface area contributed by atoms with E-state index in [-0.39, 0.29) is 11.4 Å². The highest BCUT2D eigenvalue weighted by Gasteiger charge is 2.28. The molecule has 0 fully saturated rings. The van der Waals surface area contributed by atoms with Crippen molar-refractivity contribution < 1.29 is 14.3 Å². The van der Waals surface area contributed by atoms with Crippen molar-refractivity contribution in [3.8, 4) is 0 Å². The van der Waals surface area contributed by atoms with Gasteiger partial charge in [-0.25, -0.2) is 4.79 Å². The number of ether oxygens (including phenoxy) is 1. The third-order valence-corrected chi connectivity index (χ3v) is 6.63. The minimum Gasteiger partial charge on any atom is -0.465 e. The molecule has 0 amide bonds. The summed E-state index contributed by atoms with van der Waals surface area (Å²) in [5.41, 5.74) is 4.65. The summed E-state index contributed by atoms with van der Waals surface area (Å²) in [7, 11) is 3.40. The highest BCUT2D eigenvalue weighted by atomic mass is 16.5. The van der Waals surface area contributed by atoms with E-state index >= 15 is 0 Å². The van der Waals surface area contributed by atoms with Crippen LogP contribution in [0.3, 0.4) is 0 Å². The largest absolute Gasteiger partial charge is 0.465 e. The maximum atomic E-state index is 13.2. The van der Waals surface area contributed by atoms with Crippen molar-refractivity contribution in [2.75, 3.05) is 25.6 Å². The lowest BCUT2D eigenvalue weighted by molar-refractivity contribution is -0.135. The monoisotopic (exact) mass is 456 g/mol. The topological polar surface area (TPSA) is 51.5 Å². The van der Waals surface area contributed by atoms with Crippen LogP contribution in [0.4, 0.5) is 5.69 Å². The number of carbonyl (C=O) groups is 2. The van der Waals surface area contributed by atoms with Crippen LogP contribution in [-0.2, 0) is 20.9 Å². The fourth-order valence-electron chi connectivity index (χ4n) is 4.91. The minimum atomic E-state index is -0.561. The molecule has 5 nitrogen and oxygen atoms in total. The first-order chi connectivity index (χ1) is 16.4. The van der Waals surface area contributed by atoms with Crippen LogP contribution in [0, 0.1) is 0 Å². The van der Waals surface area contributed by atoms with Crippen LogP contribution >= 0.6 is 0 Å². The SMILES string of the molecule is C=C1/C(C(=O)OC)=C(/C(C)=O)c2cn(c3ccccc23)CCCCCCN(C)c2ccccc21. The third-order valence-electron chi connectivity index (χ3n) is 6.63. The summed E-state index contributed by atoms with van der Waals surface area (Å²) < 4.78 is 7.40. The second-order valence-corrected chi connectivity index (χ2v) is 8.88. The highest BCUT2D eigenvalue weighted by Crippen LogP contribution is 2.38. The molecule has 0 saturated heterocycles. The van der Waals surface area contributed by atoms with Crippen LogP contribution < -0.4 is 4.90 Å². The van der Waals surface area contributed by atoms with Gasteiger partial charge in [-0.05, 0) is 37.5 Å². The smallest absolute Gasteiger partial charge is 0.339 e. The van der Waals surface area contributed by atoms with Gasteiger partial charge in [0.25, 0.3) is 0 Å². The summed E-state index contributed by atoms with van der Waals surface area (Å²) in [6.07, 6.45) is 6.41. The molecule has 1 aliphatic heterocycles. The van der Waals surface area contributed by atoms with Gasteiger partial charge in [-0.2, -0.15) is 0 Å². The van der Waals surface area contributed by atoms with Crippen LogP contribution in [0.1, 0.15) is 43.7 Å². The molecule has 34 heavy (non-hydrogen) atoms. The highest BCUT2D eigenvalue weighted by molar-refractivity contribution is 6.32. The molecule has 4 rings (SSSR count). The van der Waals surface area contributed by atoms with Crippen molar-refractivity contribution in [3.63, 3.8) is 0 Å². The number of nitrogens with zero attached hydrogens (tertiary/aromatic N) is 2. The molecule has 3 aromatic rings. The first kappa shape index (κ1) is 23.6. The number of ketones is 1. The number of allylic oxidation sites excluding steroid dienone is 1. The average Bonchev–Trinajstić information content (AvgIpc) is 3.20. The summed E-state index contributed by atoms with van der Waals surface area (Å²) in [6.45, 7) is 7.58. The van der Waals surface area contributed by atoms with E-state index in [9.17, 15) is 9.59 Å². The number of hydrogen-bond acceptors (Lipinski definition) is 4. The molecule has 0 spiro atoms. The number of rotatable bonds is 2. The van der Waals surface area contributed by atoms with E-state index in [1.165, 1.54) is 14.0 Å². The maximum Gasteiger partial charge on any atom is 0.339 e. The molecule has 0 saturated carbocycles. The van der Waals surface area contributed by atoms with Gasteiger partial charge in [-0.3, -0.25) is 4.79 Å². The van der Waals surface area contributed by atoms with Crippen molar-refractivity contribution in [1.82, 2.24) is 4.57 Å². The van der Waals surface area contributed by atoms with Crippen molar-refractivity contribution in [3.05, 3.63) is 78.0 Å². The Morgan fingerprint density at radius 2 is 1.56 bits per heavy atom. The molecule has 2 aromatic carbocycles. The van der Waals surface area contributed by atoms with Gasteiger partial charge < -0.3 is 14.2 Å². The van der Waals surface area contributed by atoms with E-state index in [0.29, 0.717) is 11.1 Å². The summed E-state index contributed by atoms with van der Waals surface area (Å²) in [6, 6.07) is 15.9. The fourth-order valence-corrected chi connectivity index (χ4v) is 4.91. The Balaban J connectivity index is 2.05. The van der Waals surface area contributed by atoms with Gasteiger partial charge in [-0.15, -0.1) is 0 Å². The Bertz CT molecular complexity index is 1280. The number of carbonyl (C=O) groups excluding carboxylic acids is 2. The Kier molecular flexibility index (Phi) is 7.01. The first-order valence-corrected chi connectivity index (χ1v) is 11.9. The number of para-hydroxylation sites is 2. The minimum absolute atomic E-state index is 0.195. The van der Waals surface area contributed by atoms with Crippen molar-refractivity contribution in [1.29, 1.82) is 0 Å². The number of benzene rings is 2. The van der Waals surface area contributed by atoms with Gasteiger partial charge in [0.1, 0.15) is 0 Å². The fraction of sp³-hybridized carbons (Fsp3) is 0.310. The van der Waals surface area contributed by atoms with Crippen LogP contribution in [-0.4, -0.2) is 37.0 Å². The number of hydrogen-bond donors (Lipinski definition) is 0. The normalized spacial score (nSPS) is 17.6. The molecule has 1 aromatic heterocycles. The number of esters is 1. The second kappa shape index (κ2) is 10.1. The molecule has 5 heteroatoms. The van der Waals surface area contributed by atoms with E-state index < -0.39 is 5.97 Å². The Morgan fingerprint density at radius 1 is 0.882 bits per heavy atom. The third kappa shape index (κ3) is 4.43. The molecule has 0 aliphatic carbocycles. The number of methoxy groups -OCH3 is 1. The van der Waals surface area contributed by atoms with Gasteiger partial charge in [0.05, 0.1) is 12.7 Å². The average molecular weight is 457 g/mol. The number of aromatic nitrogens is 1. The quantitative estimate of drug-likeness (QED) is 0.452. The predicted octanol–water partition coefficient (Wildman–Crippen LogP) is 5.88. The lowest BCUT2D eigenvalue weighted by Crippen LogP contribution is -2.20. The zero-order valence-corrected chi connectivity index (χ0v) is 20.3. The standard InChI is InChI=1S/C29H32N2O3/c1-20-22-13-7-9-15-25(22)30(3)17-11-5-6-12-18-31-19-24(23-14-8-10-16-26(23)31)28(21(2)32)27(20)29(33)34-4/h7-10,13-16,19H,1,5-6,11-12,17-18H2,2-4H3/b28-27+. The van der Waals surface area contributed by atoms with Crippen LogP contribution in [0.15, 0.2) is 66.9 Å². The molecular formula is C29H32N2O3. The number of Topliss-reactive ketones (excluding diaryl/α,β-unsaturated/α-hetero) is 1. The van der Waals surface area contributed by atoms with Crippen molar-refractivity contribution >= 4 is 39.5 Å². The summed E-state index contributed by atoms with van der Waals surface area (Å²) in [5, 5.41) is 0.944. The molecule has 176 valence electrons. The van der Waals surface area contributed by atoms with Gasteiger partial charge >= 0.3 is 5.97 Å². The van der Waals surface area contributed by atoms with E-state index in [2.05, 4.69) is 29.2 Å². The molecule has 1 aliphatic rings. The zero-order chi connectivity index (χ0) is 24.2. The van der Waals surface area contributed by atoms with Gasteiger partial charge in [0.2, 0.25) is 0 Å². The first-order valence-electron chi connectivity index (χ1n) is 11.9. The van der Waals surface area contributed by atoms with E-state index in [1.807, 2.05) is 48.7 Å². The van der Waals surface area contributed by atoms with Crippen LogP contribution in [0.25, 0.3) is 22.0 Å². The number of fused-ring (bicyclic) bond motifs is 6. The Labute approximate surface area is 201 Å². The lowest BCUT2D eigenvalue weighted by Gasteiger charge is -2.24. The predicted molar refractivity (Wildman–Crippen MR) is 139 cm³/mol. The Morgan fingerprint density at radius 3 is 2.29 bits per heavy atom. The van der Waals surface area contributed by atoms with E-state index in [0.717, 1.165) is 66.5 Å². The van der Waals surface area contributed by atoms with Crippen molar-refractivity contribution in [2.45, 2.75) is 39.2 Å². The molecule has 2 heterocycles. The number of aryl methyl sites for hydroxylation is 1. The van der Waals surface area contributed by atoms with Crippen LogP contribution in [0.2, 0.25) is 0 Å². The van der Waals surface area contributed by atoms with Gasteiger partial charge in [-0.1, -0.05) is 55.8 Å². The molecule has 0 atom stereocenters. The molecule has 0 unspecified atom stereocenters. The van der Waals surface area contributed by atoms with Gasteiger partial charge in [0, 0.05) is 59.6 Å². The molecule has 2 bridgehead atoms. The summed E-state index contributed by atoms with van der Waals surface area (Å²) in [4.78, 5) is 28.6. The summed E-state index contributed by atoms with van der Waals surface area (Å²) in [5.74, 6) is -0.756. The summed E-state index contributed by atoms with van der Waals surface area (Å²) >= 11 is 0.